The molecule has 0 saturated carbocycles. The first-order valence-electron chi connectivity index (χ1n) is 7.26. The van der Waals surface area contributed by atoms with Gasteiger partial charge in [0.05, 0.1) is 18.0 Å². The number of hydrogen-bond donors (Lipinski definition) is 1. The van der Waals surface area contributed by atoms with E-state index in [0.717, 1.165) is 31.9 Å². The predicted molar refractivity (Wildman–Crippen MR) is 80.7 cm³/mol. The van der Waals surface area contributed by atoms with E-state index in [0.29, 0.717) is 12.2 Å². The highest BCUT2D eigenvalue weighted by atomic mass is 19.1. The quantitative estimate of drug-likeness (QED) is 0.937. The van der Waals surface area contributed by atoms with E-state index in [1.54, 1.807) is 12.3 Å². The van der Waals surface area contributed by atoms with Crippen LogP contribution in [0.1, 0.15) is 11.8 Å². The van der Waals surface area contributed by atoms with Gasteiger partial charge >= 0.3 is 0 Å². The van der Waals surface area contributed by atoms with Gasteiger partial charge in [-0.15, -0.1) is 0 Å². The molecule has 5 heteroatoms. The van der Waals surface area contributed by atoms with Crippen LogP contribution in [-0.4, -0.2) is 37.6 Å². The predicted octanol–water partition coefficient (Wildman–Crippen LogP) is 2.24. The van der Waals surface area contributed by atoms with E-state index in [-0.39, 0.29) is 11.9 Å². The second-order valence-electron chi connectivity index (χ2n) is 5.24. The molecule has 2 heterocycles. The lowest BCUT2D eigenvalue weighted by Gasteiger charge is -2.39. The molecule has 1 aliphatic heterocycles. The Labute approximate surface area is 123 Å². The molecule has 1 aromatic carbocycles. The summed E-state index contributed by atoms with van der Waals surface area (Å²) in [6, 6.07) is 10.9. The number of rotatable bonds is 4. The third-order valence-corrected chi connectivity index (χ3v) is 4.04. The zero-order valence-corrected chi connectivity index (χ0v) is 11.9. The standard InChI is InChI=1S/C16H20FN3O/c17-13-4-1-2-5-14(13)19-7-9-20(10-8-19)15(12-18)16-6-3-11-21-16/h1-6,11,15H,7-10,12,18H2. The maximum Gasteiger partial charge on any atom is 0.146 e. The van der Waals surface area contributed by atoms with Gasteiger partial charge in [-0.05, 0) is 24.3 Å². The van der Waals surface area contributed by atoms with Crippen LogP contribution in [0.4, 0.5) is 10.1 Å². The summed E-state index contributed by atoms with van der Waals surface area (Å²) < 4.78 is 19.3. The molecule has 1 atom stereocenters. The van der Waals surface area contributed by atoms with Crippen LogP contribution < -0.4 is 10.6 Å². The van der Waals surface area contributed by atoms with Crippen LogP contribution in [0, 0.1) is 5.82 Å². The van der Waals surface area contributed by atoms with Crippen LogP contribution in [-0.2, 0) is 0 Å². The molecule has 0 amide bonds. The van der Waals surface area contributed by atoms with Gasteiger partial charge in [0.15, 0.2) is 0 Å². The molecule has 112 valence electrons. The summed E-state index contributed by atoms with van der Waals surface area (Å²) in [6.07, 6.45) is 1.67. The molecule has 1 saturated heterocycles. The van der Waals surface area contributed by atoms with E-state index in [9.17, 15) is 4.39 Å². The highest BCUT2D eigenvalue weighted by Gasteiger charge is 2.26. The van der Waals surface area contributed by atoms with Crippen LogP contribution in [0.25, 0.3) is 0 Å². The Balaban J connectivity index is 1.66. The van der Waals surface area contributed by atoms with Crippen molar-refractivity contribution < 1.29 is 8.81 Å². The number of piperazine rings is 1. The topological polar surface area (TPSA) is 45.6 Å². The lowest BCUT2D eigenvalue weighted by Crippen LogP contribution is -2.49. The van der Waals surface area contributed by atoms with Crippen molar-refractivity contribution in [1.82, 2.24) is 4.90 Å². The fraction of sp³-hybridized carbons (Fsp3) is 0.375. The number of para-hydroxylation sites is 1. The molecule has 0 radical (unpaired) electrons. The molecule has 3 rings (SSSR count). The van der Waals surface area contributed by atoms with Crippen molar-refractivity contribution in [2.75, 3.05) is 37.6 Å². The van der Waals surface area contributed by atoms with Crippen LogP contribution in [0.2, 0.25) is 0 Å². The minimum Gasteiger partial charge on any atom is -0.468 e. The summed E-state index contributed by atoms with van der Waals surface area (Å²) in [4.78, 5) is 4.39. The van der Waals surface area contributed by atoms with Gasteiger partial charge in [-0.1, -0.05) is 12.1 Å². The van der Waals surface area contributed by atoms with Gasteiger partial charge in [0.25, 0.3) is 0 Å². The molecule has 2 N–H and O–H groups in total. The minimum atomic E-state index is -0.160. The number of halogens is 1. The summed E-state index contributed by atoms with van der Waals surface area (Å²) in [5, 5.41) is 0. The third-order valence-electron chi connectivity index (χ3n) is 4.04. The Kier molecular flexibility index (Phi) is 4.22. The highest BCUT2D eigenvalue weighted by molar-refractivity contribution is 5.48. The van der Waals surface area contributed by atoms with Gasteiger partial charge in [0.2, 0.25) is 0 Å². The molecule has 21 heavy (non-hydrogen) atoms. The molecule has 2 aromatic rings. The van der Waals surface area contributed by atoms with Crippen molar-refractivity contribution in [3.05, 3.63) is 54.2 Å². The van der Waals surface area contributed by atoms with E-state index in [1.807, 2.05) is 24.3 Å². The molecule has 1 unspecified atom stereocenters. The van der Waals surface area contributed by atoms with E-state index in [2.05, 4.69) is 9.80 Å². The van der Waals surface area contributed by atoms with Crippen LogP contribution in [0.5, 0.6) is 0 Å². The van der Waals surface area contributed by atoms with Crippen molar-refractivity contribution in [2.45, 2.75) is 6.04 Å². The normalized spacial score (nSPS) is 17.9. The van der Waals surface area contributed by atoms with E-state index < -0.39 is 0 Å². The molecule has 0 bridgehead atoms. The smallest absolute Gasteiger partial charge is 0.146 e. The summed E-state index contributed by atoms with van der Waals surface area (Å²) in [6.45, 7) is 3.79. The lowest BCUT2D eigenvalue weighted by molar-refractivity contribution is 0.169. The first kappa shape index (κ1) is 14.1. The van der Waals surface area contributed by atoms with Crippen molar-refractivity contribution in [3.8, 4) is 0 Å². The number of nitrogens with two attached hydrogens (primary N) is 1. The number of furan rings is 1. The average Bonchev–Trinajstić information content (AvgIpc) is 3.04. The molecule has 1 aromatic heterocycles. The second kappa shape index (κ2) is 6.28. The Morgan fingerprint density at radius 1 is 1.10 bits per heavy atom. The van der Waals surface area contributed by atoms with E-state index >= 15 is 0 Å². The van der Waals surface area contributed by atoms with Crippen LogP contribution in [0.3, 0.4) is 0 Å². The van der Waals surface area contributed by atoms with Gasteiger partial charge in [-0.2, -0.15) is 0 Å². The van der Waals surface area contributed by atoms with Crippen molar-refractivity contribution >= 4 is 5.69 Å². The van der Waals surface area contributed by atoms with E-state index in [1.165, 1.54) is 6.07 Å². The number of hydrogen-bond acceptors (Lipinski definition) is 4. The highest BCUT2D eigenvalue weighted by Crippen LogP contribution is 2.25. The Morgan fingerprint density at radius 2 is 1.86 bits per heavy atom. The van der Waals surface area contributed by atoms with Gasteiger partial charge in [-0.3, -0.25) is 4.90 Å². The zero-order valence-electron chi connectivity index (χ0n) is 11.9. The minimum absolute atomic E-state index is 0.0998. The zero-order chi connectivity index (χ0) is 14.7. The molecule has 0 aliphatic carbocycles. The molecule has 1 aliphatic rings. The van der Waals surface area contributed by atoms with Crippen molar-refractivity contribution in [2.24, 2.45) is 5.73 Å². The largest absolute Gasteiger partial charge is 0.468 e. The SMILES string of the molecule is NCC(c1ccco1)N1CCN(c2ccccc2F)CC1. The van der Waals surface area contributed by atoms with Gasteiger partial charge in [0, 0.05) is 32.7 Å². The summed E-state index contributed by atoms with van der Waals surface area (Å²) in [5.74, 6) is 0.740. The molecule has 4 nitrogen and oxygen atoms in total. The number of benzene rings is 1. The van der Waals surface area contributed by atoms with E-state index in [4.69, 9.17) is 10.2 Å². The second-order valence-corrected chi connectivity index (χ2v) is 5.24. The molecule has 0 spiro atoms. The van der Waals surface area contributed by atoms with Crippen molar-refractivity contribution in [1.29, 1.82) is 0 Å². The van der Waals surface area contributed by atoms with Gasteiger partial charge < -0.3 is 15.1 Å². The third kappa shape index (κ3) is 2.94. The summed E-state index contributed by atoms with van der Waals surface area (Å²) in [5.41, 5.74) is 6.57. The fourth-order valence-corrected chi connectivity index (χ4v) is 2.91. The average molecular weight is 289 g/mol. The summed E-state index contributed by atoms with van der Waals surface area (Å²) in [7, 11) is 0. The monoisotopic (exact) mass is 289 g/mol. The molecule has 1 fully saturated rings. The van der Waals surface area contributed by atoms with Gasteiger partial charge in [0.1, 0.15) is 11.6 Å². The van der Waals surface area contributed by atoms with Gasteiger partial charge in [-0.25, -0.2) is 4.39 Å². The Morgan fingerprint density at radius 3 is 2.48 bits per heavy atom. The van der Waals surface area contributed by atoms with Crippen LogP contribution in [0.15, 0.2) is 47.1 Å². The lowest BCUT2D eigenvalue weighted by atomic mass is 10.1. The number of nitrogens with zero attached hydrogens (tertiary/aromatic N) is 2. The summed E-state index contributed by atoms with van der Waals surface area (Å²) >= 11 is 0. The number of anilines is 1. The Bertz CT molecular complexity index is 565. The first-order valence-corrected chi connectivity index (χ1v) is 7.26. The first-order chi connectivity index (χ1) is 10.3. The van der Waals surface area contributed by atoms with Crippen molar-refractivity contribution in [3.63, 3.8) is 0 Å². The molecular weight excluding hydrogens is 269 g/mol. The molecular formula is C16H20FN3O. The van der Waals surface area contributed by atoms with Crippen LogP contribution >= 0.6 is 0 Å². The maximum absolute atomic E-state index is 13.8. The maximum atomic E-state index is 13.8. The fourth-order valence-electron chi connectivity index (χ4n) is 2.91. The Hall–Kier alpha value is -1.85.